The number of amides is 1. The van der Waals surface area contributed by atoms with Crippen LogP contribution in [0.3, 0.4) is 0 Å². The van der Waals surface area contributed by atoms with Gasteiger partial charge in [0.2, 0.25) is 5.91 Å². The van der Waals surface area contributed by atoms with Crippen LogP contribution >= 0.6 is 0 Å². The van der Waals surface area contributed by atoms with E-state index in [-0.39, 0.29) is 0 Å². The predicted molar refractivity (Wildman–Crippen MR) is 88.7 cm³/mol. The van der Waals surface area contributed by atoms with Crippen molar-refractivity contribution < 1.29 is 4.79 Å². The van der Waals surface area contributed by atoms with Crippen molar-refractivity contribution >= 4 is 5.91 Å². The molecule has 2 aromatic rings. The Labute approximate surface area is 137 Å². The molecule has 0 spiro atoms. The Morgan fingerprint density at radius 2 is 1.78 bits per heavy atom. The Morgan fingerprint density at radius 3 is 2.48 bits per heavy atom. The van der Waals surface area contributed by atoms with Crippen LogP contribution in [0.15, 0.2) is 42.7 Å². The molecule has 1 saturated heterocycles. The molecule has 0 aliphatic carbocycles. The summed E-state index contributed by atoms with van der Waals surface area (Å²) >= 11 is 0. The van der Waals surface area contributed by atoms with Crippen LogP contribution in [0.25, 0.3) is 0 Å². The highest BCUT2D eigenvalue weighted by Crippen LogP contribution is 2.21. The largest absolute Gasteiger partial charge is 0.343 e. The summed E-state index contributed by atoms with van der Waals surface area (Å²) in [6.45, 7) is 2.66. The fraction of sp³-hybridized carbons (Fsp3) is 0.500. The fourth-order valence-corrected chi connectivity index (χ4v) is 3.18. The average Bonchev–Trinajstić information content (AvgIpc) is 3.13. The number of carbonyl (C=O) groups is 1. The van der Waals surface area contributed by atoms with Gasteiger partial charge in [0.1, 0.15) is 0 Å². The van der Waals surface area contributed by atoms with E-state index in [4.69, 9.17) is 0 Å². The first kappa shape index (κ1) is 15.7. The second-order valence-corrected chi connectivity index (χ2v) is 6.22. The van der Waals surface area contributed by atoms with Crippen molar-refractivity contribution in [3.05, 3.63) is 48.3 Å². The lowest BCUT2D eigenvalue weighted by Gasteiger charge is -2.32. The number of aryl methyl sites for hydroxylation is 2. The molecule has 0 bridgehead atoms. The number of hydrogen-bond acceptors (Lipinski definition) is 3. The van der Waals surface area contributed by atoms with Gasteiger partial charge in [0.05, 0.1) is 18.9 Å². The molecule has 0 unspecified atom stereocenters. The van der Waals surface area contributed by atoms with Gasteiger partial charge >= 0.3 is 0 Å². The number of nitrogens with zero attached hydrogens (tertiary/aromatic N) is 4. The van der Waals surface area contributed by atoms with Gasteiger partial charge in [-0.15, -0.1) is 0 Å². The highest BCUT2D eigenvalue weighted by Gasteiger charge is 2.22. The zero-order valence-corrected chi connectivity index (χ0v) is 13.5. The van der Waals surface area contributed by atoms with E-state index in [1.54, 1.807) is 17.2 Å². The third kappa shape index (κ3) is 4.65. The summed E-state index contributed by atoms with van der Waals surface area (Å²) in [6.07, 6.45) is 8.18. The summed E-state index contributed by atoms with van der Waals surface area (Å²) in [6, 6.07) is 10.2. The van der Waals surface area contributed by atoms with Crippen LogP contribution in [0.4, 0.5) is 0 Å². The molecular formula is C18H24N4O. The van der Waals surface area contributed by atoms with Gasteiger partial charge in [-0.1, -0.05) is 30.3 Å². The monoisotopic (exact) mass is 312 g/mol. The minimum absolute atomic E-state index is 0.293. The smallest absolute Gasteiger partial charge is 0.222 e. The summed E-state index contributed by atoms with van der Waals surface area (Å²) in [5.74, 6) is 0.972. The minimum atomic E-state index is 0.293. The van der Waals surface area contributed by atoms with Crippen molar-refractivity contribution in [2.75, 3.05) is 13.1 Å². The number of carbonyl (C=O) groups excluding carboxylic acids is 1. The summed E-state index contributed by atoms with van der Waals surface area (Å²) < 4.78 is 0. The lowest BCUT2D eigenvalue weighted by Crippen LogP contribution is -2.38. The molecule has 0 radical (unpaired) electrons. The number of likely N-dealkylation sites (tertiary alicyclic amines) is 1. The molecule has 1 aromatic carbocycles. The molecular weight excluding hydrogens is 288 g/mol. The molecule has 1 aromatic heterocycles. The number of aromatic nitrogens is 3. The van der Waals surface area contributed by atoms with Gasteiger partial charge in [-0.05, 0) is 37.2 Å². The Hall–Kier alpha value is -2.17. The van der Waals surface area contributed by atoms with Crippen molar-refractivity contribution in [2.24, 2.45) is 5.92 Å². The van der Waals surface area contributed by atoms with Crippen molar-refractivity contribution in [1.29, 1.82) is 0 Å². The molecule has 23 heavy (non-hydrogen) atoms. The van der Waals surface area contributed by atoms with E-state index < -0.39 is 0 Å². The first-order valence-electron chi connectivity index (χ1n) is 8.47. The quantitative estimate of drug-likeness (QED) is 0.823. The van der Waals surface area contributed by atoms with Crippen molar-refractivity contribution in [3.63, 3.8) is 0 Å². The van der Waals surface area contributed by atoms with Gasteiger partial charge in [0.25, 0.3) is 0 Å². The number of rotatable bonds is 6. The highest BCUT2D eigenvalue weighted by atomic mass is 16.2. The number of hydrogen-bond donors (Lipinski definition) is 0. The molecule has 1 aliphatic rings. The SMILES string of the molecule is O=C(CCc1ccccc1)N1CCC(CCn2nccn2)CC1. The van der Waals surface area contributed by atoms with E-state index in [1.165, 1.54) is 5.56 Å². The lowest BCUT2D eigenvalue weighted by molar-refractivity contribution is -0.132. The van der Waals surface area contributed by atoms with Crippen LogP contribution in [0.1, 0.15) is 31.2 Å². The third-order valence-corrected chi connectivity index (χ3v) is 4.64. The van der Waals surface area contributed by atoms with Gasteiger partial charge in [-0.25, -0.2) is 0 Å². The Balaban J connectivity index is 1.37. The zero-order valence-electron chi connectivity index (χ0n) is 13.5. The van der Waals surface area contributed by atoms with Crippen LogP contribution in [0, 0.1) is 5.92 Å². The second kappa shape index (κ2) is 7.90. The summed E-state index contributed by atoms with van der Waals surface area (Å²) in [5, 5.41) is 8.28. The van der Waals surface area contributed by atoms with Gasteiger partial charge in [0, 0.05) is 19.5 Å². The normalized spacial score (nSPS) is 15.7. The molecule has 5 heteroatoms. The third-order valence-electron chi connectivity index (χ3n) is 4.64. The average molecular weight is 312 g/mol. The molecule has 1 fully saturated rings. The van der Waals surface area contributed by atoms with Crippen molar-refractivity contribution in [2.45, 2.75) is 38.6 Å². The fourth-order valence-electron chi connectivity index (χ4n) is 3.18. The maximum Gasteiger partial charge on any atom is 0.222 e. The number of piperidine rings is 1. The van der Waals surface area contributed by atoms with Crippen LogP contribution in [0.2, 0.25) is 0 Å². The van der Waals surface area contributed by atoms with Crippen LogP contribution in [-0.2, 0) is 17.8 Å². The van der Waals surface area contributed by atoms with Crippen molar-refractivity contribution in [1.82, 2.24) is 19.9 Å². The van der Waals surface area contributed by atoms with Crippen molar-refractivity contribution in [3.8, 4) is 0 Å². The summed E-state index contributed by atoms with van der Waals surface area (Å²) in [7, 11) is 0. The zero-order chi connectivity index (χ0) is 15.9. The molecule has 0 atom stereocenters. The second-order valence-electron chi connectivity index (χ2n) is 6.22. The Bertz CT molecular complexity index is 589. The molecule has 1 amide bonds. The van der Waals surface area contributed by atoms with Crippen LogP contribution in [0.5, 0.6) is 0 Å². The van der Waals surface area contributed by atoms with Crippen LogP contribution < -0.4 is 0 Å². The molecule has 3 rings (SSSR count). The van der Waals surface area contributed by atoms with Crippen LogP contribution in [-0.4, -0.2) is 38.9 Å². The van der Waals surface area contributed by atoms with Gasteiger partial charge in [0.15, 0.2) is 0 Å². The maximum atomic E-state index is 12.3. The molecule has 2 heterocycles. The number of benzene rings is 1. The predicted octanol–water partition coefficient (Wildman–Crippen LogP) is 2.54. The Kier molecular flexibility index (Phi) is 5.40. The van der Waals surface area contributed by atoms with Gasteiger partial charge < -0.3 is 4.90 Å². The van der Waals surface area contributed by atoms with E-state index >= 15 is 0 Å². The van der Waals surface area contributed by atoms with E-state index in [9.17, 15) is 4.79 Å². The van der Waals surface area contributed by atoms with E-state index in [0.717, 1.165) is 45.3 Å². The topological polar surface area (TPSA) is 51.0 Å². The standard InChI is InChI=1S/C18H24N4O/c23-18(7-6-16-4-2-1-3-5-16)21-13-8-17(9-14-21)10-15-22-19-11-12-20-22/h1-5,11-12,17H,6-10,13-15H2. The highest BCUT2D eigenvalue weighted by molar-refractivity contribution is 5.76. The summed E-state index contributed by atoms with van der Waals surface area (Å²) in [5.41, 5.74) is 1.24. The molecule has 122 valence electrons. The van der Waals surface area contributed by atoms with E-state index in [2.05, 4.69) is 22.3 Å². The minimum Gasteiger partial charge on any atom is -0.343 e. The molecule has 0 N–H and O–H groups in total. The van der Waals surface area contributed by atoms with E-state index in [1.807, 2.05) is 23.1 Å². The maximum absolute atomic E-state index is 12.3. The van der Waals surface area contributed by atoms with Gasteiger partial charge in [-0.3, -0.25) is 4.79 Å². The molecule has 5 nitrogen and oxygen atoms in total. The van der Waals surface area contributed by atoms with E-state index in [0.29, 0.717) is 18.2 Å². The first-order valence-corrected chi connectivity index (χ1v) is 8.47. The first-order chi connectivity index (χ1) is 11.3. The Morgan fingerprint density at radius 1 is 1.09 bits per heavy atom. The molecule has 0 saturated carbocycles. The van der Waals surface area contributed by atoms with Gasteiger partial charge in [-0.2, -0.15) is 15.0 Å². The summed E-state index contributed by atoms with van der Waals surface area (Å²) in [4.78, 5) is 16.1. The lowest BCUT2D eigenvalue weighted by atomic mass is 9.93. The molecule has 1 aliphatic heterocycles.